The average Bonchev–Trinajstić information content (AvgIpc) is 2.77. The summed E-state index contributed by atoms with van der Waals surface area (Å²) in [5, 5.41) is 9.38. The van der Waals surface area contributed by atoms with Crippen molar-refractivity contribution < 1.29 is 9.90 Å². The zero-order valence-corrected chi connectivity index (χ0v) is 13.5. The minimum absolute atomic E-state index is 0.128. The Morgan fingerprint density at radius 2 is 2.05 bits per heavy atom. The fraction of sp³-hybridized carbons (Fsp3) is 0.529. The molecule has 2 rings (SSSR count). The van der Waals surface area contributed by atoms with E-state index in [9.17, 15) is 9.90 Å². The first kappa shape index (κ1) is 15.5. The van der Waals surface area contributed by atoms with E-state index in [-0.39, 0.29) is 11.0 Å². The molecule has 2 aromatic rings. The van der Waals surface area contributed by atoms with Crippen LogP contribution in [0.15, 0.2) is 18.2 Å². The molecule has 0 fully saturated rings. The van der Waals surface area contributed by atoms with Crippen LogP contribution in [-0.4, -0.2) is 20.6 Å². The monoisotopic (exact) mass is 288 g/mol. The third-order valence-corrected chi connectivity index (χ3v) is 3.77. The average molecular weight is 288 g/mol. The van der Waals surface area contributed by atoms with E-state index in [0.717, 1.165) is 24.2 Å². The van der Waals surface area contributed by atoms with Gasteiger partial charge in [-0.3, -0.25) is 0 Å². The lowest BCUT2D eigenvalue weighted by atomic mass is 9.95. The number of aromatic carboxylic acids is 1. The fourth-order valence-electron chi connectivity index (χ4n) is 2.81. The number of imidazole rings is 1. The number of aromatic nitrogens is 2. The Morgan fingerprint density at radius 1 is 1.38 bits per heavy atom. The van der Waals surface area contributed by atoms with Crippen LogP contribution in [0.4, 0.5) is 0 Å². The molecule has 1 aromatic heterocycles. The second-order valence-electron chi connectivity index (χ2n) is 6.67. The molecule has 0 aliphatic heterocycles. The summed E-state index contributed by atoms with van der Waals surface area (Å²) in [6, 6.07) is 5.70. The molecule has 4 nitrogen and oxygen atoms in total. The lowest BCUT2D eigenvalue weighted by molar-refractivity contribution is 0.0699. The number of hydrogen-bond acceptors (Lipinski definition) is 2. The summed E-state index contributed by atoms with van der Waals surface area (Å²) in [6.45, 7) is 10.7. The largest absolute Gasteiger partial charge is 0.478 e. The van der Waals surface area contributed by atoms with Gasteiger partial charge in [0.2, 0.25) is 0 Å². The zero-order chi connectivity index (χ0) is 15.8. The van der Waals surface area contributed by atoms with Crippen molar-refractivity contribution in [1.82, 2.24) is 9.55 Å². The molecule has 1 unspecified atom stereocenters. The highest BCUT2D eigenvalue weighted by Crippen LogP contribution is 2.32. The molecule has 1 aromatic carbocycles. The first-order valence-corrected chi connectivity index (χ1v) is 7.52. The van der Waals surface area contributed by atoms with Gasteiger partial charge in [0.25, 0.3) is 0 Å². The molecule has 4 heteroatoms. The van der Waals surface area contributed by atoms with Crippen LogP contribution in [0.2, 0.25) is 0 Å². The van der Waals surface area contributed by atoms with Crippen molar-refractivity contribution >= 4 is 17.0 Å². The van der Waals surface area contributed by atoms with Crippen molar-refractivity contribution in [3.63, 3.8) is 0 Å². The summed E-state index contributed by atoms with van der Waals surface area (Å²) in [7, 11) is 0. The van der Waals surface area contributed by atoms with E-state index in [0.29, 0.717) is 11.6 Å². The number of hydrogen-bond donors (Lipinski definition) is 1. The molecule has 1 N–H and O–H groups in total. The molecule has 1 atom stereocenters. The smallest absolute Gasteiger partial charge is 0.337 e. The summed E-state index contributed by atoms with van der Waals surface area (Å²) >= 11 is 0. The van der Waals surface area contributed by atoms with Crippen LogP contribution in [0.5, 0.6) is 0 Å². The molecule has 0 aliphatic carbocycles. The van der Waals surface area contributed by atoms with E-state index >= 15 is 0 Å². The van der Waals surface area contributed by atoms with Gasteiger partial charge in [0.1, 0.15) is 11.3 Å². The van der Waals surface area contributed by atoms with Gasteiger partial charge in [0, 0.05) is 11.5 Å². The molecule has 0 radical (unpaired) electrons. The van der Waals surface area contributed by atoms with Crippen molar-refractivity contribution in [3.8, 4) is 0 Å². The number of fused-ring (bicyclic) bond motifs is 1. The molecule has 21 heavy (non-hydrogen) atoms. The Bertz CT molecular complexity index is 665. The van der Waals surface area contributed by atoms with Gasteiger partial charge < -0.3 is 9.67 Å². The van der Waals surface area contributed by atoms with Crippen LogP contribution in [0.3, 0.4) is 0 Å². The molecule has 0 amide bonds. The van der Waals surface area contributed by atoms with Gasteiger partial charge in [0.15, 0.2) is 0 Å². The maximum Gasteiger partial charge on any atom is 0.337 e. The second-order valence-corrected chi connectivity index (χ2v) is 6.67. The lowest BCUT2D eigenvalue weighted by Crippen LogP contribution is -2.21. The molecule has 0 spiro atoms. The standard InChI is InChI=1S/C17H24N2O2/c1-6-8-11(2)19-13-10-7-9-12(15(20)21)14(13)18-16(19)17(3,4)5/h7,9-11H,6,8H2,1-5H3,(H,20,21). The van der Waals surface area contributed by atoms with E-state index in [1.807, 2.05) is 6.07 Å². The van der Waals surface area contributed by atoms with E-state index in [1.54, 1.807) is 12.1 Å². The number of carboxylic acids is 1. The van der Waals surface area contributed by atoms with Gasteiger partial charge in [0.05, 0.1) is 11.1 Å². The first-order valence-electron chi connectivity index (χ1n) is 7.52. The Morgan fingerprint density at radius 3 is 2.57 bits per heavy atom. The van der Waals surface area contributed by atoms with Gasteiger partial charge in [-0.1, -0.05) is 40.2 Å². The van der Waals surface area contributed by atoms with E-state index in [2.05, 4.69) is 39.2 Å². The van der Waals surface area contributed by atoms with Crippen LogP contribution >= 0.6 is 0 Å². The molecule has 114 valence electrons. The predicted octanol–water partition coefficient (Wildman–Crippen LogP) is 4.39. The maximum atomic E-state index is 11.4. The van der Waals surface area contributed by atoms with Crippen molar-refractivity contribution in [2.75, 3.05) is 0 Å². The number of benzene rings is 1. The molecule has 1 heterocycles. The predicted molar refractivity (Wildman–Crippen MR) is 85.0 cm³/mol. The lowest BCUT2D eigenvalue weighted by Gasteiger charge is -2.24. The van der Waals surface area contributed by atoms with Crippen molar-refractivity contribution in [3.05, 3.63) is 29.6 Å². The normalized spacial score (nSPS) is 13.6. The van der Waals surface area contributed by atoms with E-state index in [1.165, 1.54) is 0 Å². The number of nitrogens with zero attached hydrogens (tertiary/aromatic N) is 2. The molecule has 0 aliphatic rings. The topological polar surface area (TPSA) is 55.1 Å². The van der Waals surface area contributed by atoms with Crippen molar-refractivity contribution in [1.29, 1.82) is 0 Å². The third kappa shape index (κ3) is 2.80. The summed E-state index contributed by atoms with van der Waals surface area (Å²) < 4.78 is 2.21. The first-order chi connectivity index (χ1) is 9.77. The highest BCUT2D eigenvalue weighted by atomic mass is 16.4. The van der Waals surface area contributed by atoms with Gasteiger partial charge in [-0.15, -0.1) is 0 Å². The number of carbonyl (C=O) groups is 1. The van der Waals surface area contributed by atoms with Gasteiger partial charge in [-0.2, -0.15) is 0 Å². The summed E-state index contributed by atoms with van der Waals surface area (Å²) in [5.41, 5.74) is 1.66. The van der Waals surface area contributed by atoms with Gasteiger partial charge in [-0.25, -0.2) is 9.78 Å². The quantitative estimate of drug-likeness (QED) is 0.907. The van der Waals surface area contributed by atoms with Crippen molar-refractivity contribution in [2.24, 2.45) is 0 Å². The molecular formula is C17H24N2O2. The minimum Gasteiger partial charge on any atom is -0.478 e. The molecule has 0 saturated carbocycles. The Kier molecular flexibility index (Phi) is 4.08. The Balaban J connectivity index is 2.79. The number of para-hydroxylation sites is 1. The molecule has 0 saturated heterocycles. The third-order valence-electron chi connectivity index (χ3n) is 3.77. The van der Waals surface area contributed by atoms with Crippen LogP contribution in [0.25, 0.3) is 11.0 Å². The highest BCUT2D eigenvalue weighted by Gasteiger charge is 2.26. The highest BCUT2D eigenvalue weighted by molar-refractivity contribution is 6.01. The maximum absolute atomic E-state index is 11.4. The molecule has 0 bridgehead atoms. The Hall–Kier alpha value is -1.84. The minimum atomic E-state index is -0.922. The SMILES string of the molecule is CCCC(C)n1c(C(C)(C)C)nc2c(C(=O)O)cccc21. The van der Waals surface area contributed by atoms with E-state index < -0.39 is 5.97 Å². The zero-order valence-electron chi connectivity index (χ0n) is 13.5. The summed E-state index contributed by atoms with van der Waals surface area (Å²) in [5.74, 6) is 0.0287. The number of rotatable bonds is 4. The van der Waals surface area contributed by atoms with Crippen molar-refractivity contribution in [2.45, 2.75) is 58.9 Å². The fourth-order valence-corrected chi connectivity index (χ4v) is 2.81. The molecular weight excluding hydrogens is 264 g/mol. The second kappa shape index (κ2) is 5.51. The summed E-state index contributed by atoms with van der Waals surface area (Å²) in [6.07, 6.45) is 2.13. The van der Waals surface area contributed by atoms with Crippen LogP contribution in [0, 0.1) is 0 Å². The van der Waals surface area contributed by atoms with E-state index in [4.69, 9.17) is 4.98 Å². The van der Waals surface area contributed by atoms with Crippen LogP contribution < -0.4 is 0 Å². The van der Waals surface area contributed by atoms with Gasteiger partial charge in [-0.05, 0) is 25.5 Å². The van der Waals surface area contributed by atoms with Crippen LogP contribution in [-0.2, 0) is 5.41 Å². The Labute approximate surface area is 125 Å². The van der Waals surface area contributed by atoms with Gasteiger partial charge >= 0.3 is 5.97 Å². The summed E-state index contributed by atoms with van der Waals surface area (Å²) in [4.78, 5) is 16.1. The number of carboxylic acid groups (broad SMARTS) is 1. The van der Waals surface area contributed by atoms with Crippen LogP contribution in [0.1, 0.15) is 69.7 Å².